The highest BCUT2D eigenvalue weighted by Gasteiger charge is 2.51. The van der Waals surface area contributed by atoms with Gasteiger partial charge in [0.25, 0.3) is 0 Å². The van der Waals surface area contributed by atoms with Gasteiger partial charge >= 0.3 is 5.97 Å². The van der Waals surface area contributed by atoms with Crippen LogP contribution in [-0.4, -0.2) is 35.7 Å². The molecule has 6 heteroatoms. The predicted octanol–water partition coefficient (Wildman–Crippen LogP) is 4.05. The standard InChI is InChI=1S/C24H28N2O3.CH5N/c1-3-21-20(13-25-26(21)19-6-4-16(5-7-19)24(28)29-2)23(27)22-17-9-14-8-15(11-17)12-18(22)10-14;1-2/h4-7,13-15,17-18,22H,3,8-12H2,1-2H3;2H2,1H3. The number of hydrogen-bond donors (Lipinski definition) is 1. The van der Waals surface area contributed by atoms with E-state index in [1.165, 1.54) is 46.3 Å². The van der Waals surface area contributed by atoms with Gasteiger partial charge in [0.1, 0.15) is 0 Å². The molecule has 2 N–H and O–H groups in total. The van der Waals surface area contributed by atoms with Crippen LogP contribution in [-0.2, 0) is 11.2 Å². The summed E-state index contributed by atoms with van der Waals surface area (Å²) in [5.41, 5.74) is 7.63. The molecule has 0 saturated heterocycles. The van der Waals surface area contributed by atoms with Crippen LogP contribution in [0.4, 0.5) is 0 Å². The van der Waals surface area contributed by atoms with Gasteiger partial charge in [-0.2, -0.15) is 5.10 Å². The quantitative estimate of drug-likeness (QED) is 0.579. The molecule has 4 bridgehead atoms. The number of hydrogen-bond acceptors (Lipinski definition) is 5. The lowest BCUT2D eigenvalue weighted by atomic mass is 9.51. The fourth-order valence-electron chi connectivity index (χ4n) is 6.53. The lowest BCUT2D eigenvalue weighted by Gasteiger charge is -2.53. The molecule has 1 heterocycles. The first kappa shape index (κ1) is 21.8. The summed E-state index contributed by atoms with van der Waals surface area (Å²) in [6, 6.07) is 7.19. The zero-order valence-corrected chi connectivity index (χ0v) is 18.7. The van der Waals surface area contributed by atoms with Crippen LogP contribution in [0.25, 0.3) is 5.69 Å². The van der Waals surface area contributed by atoms with Gasteiger partial charge in [0.05, 0.1) is 35.8 Å². The Kier molecular flexibility index (Phi) is 6.28. The first-order valence-corrected chi connectivity index (χ1v) is 11.5. The number of aromatic nitrogens is 2. The van der Waals surface area contributed by atoms with E-state index in [0.29, 0.717) is 23.2 Å². The second kappa shape index (κ2) is 8.95. The van der Waals surface area contributed by atoms with Crippen molar-refractivity contribution in [3.63, 3.8) is 0 Å². The van der Waals surface area contributed by atoms with E-state index in [4.69, 9.17) is 4.74 Å². The summed E-state index contributed by atoms with van der Waals surface area (Å²) < 4.78 is 6.62. The van der Waals surface area contributed by atoms with Crippen LogP contribution in [0.15, 0.2) is 30.5 Å². The van der Waals surface area contributed by atoms with E-state index >= 15 is 0 Å². The van der Waals surface area contributed by atoms with Crippen molar-refractivity contribution < 1.29 is 14.3 Å². The summed E-state index contributed by atoms with van der Waals surface area (Å²) in [4.78, 5) is 25.3. The number of nitrogens with two attached hydrogens (primary N) is 1. The molecule has 0 spiro atoms. The second-order valence-electron chi connectivity index (χ2n) is 9.13. The smallest absolute Gasteiger partial charge is 0.337 e. The first-order valence-electron chi connectivity index (χ1n) is 11.5. The molecule has 0 amide bonds. The maximum Gasteiger partial charge on any atom is 0.337 e. The van der Waals surface area contributed by atoms with E-state index in [9.17, 15) is 9.59 Å². The van der Waals surface area contributed by atoms with Gasteiger partial charge in [0, 0.05) is 5.92 Å². The van der Waals surface area contributed by atoms with E-state index < -0.39 is 0 Å². The highest BCUT2D eigenvalue weighted by molar-refractivity contribution is 5.99. The van der Waals surface area contributed by atoms with Gasteiger partial charge in [-0.05, 0) is 93.5 Å². The van der Waals surface area contributed by atoms with E-state index in [1.807, 2.05) is 16.8 Å². The molecule has 6 nitrogen and oxygen atoms in total. The molecule has 1 aromatic carbocycles. The van der Waals surface area contributed by atoms with Gasteiger partial charge in [0.15, 0.2) is 5.78 Å². The average Bonchev–Trinajstić information content (AvgIpc) is 3.23. The van der Waals surface area contributed by atoms with Crippen LogP contribution in [0.1, 0.15) is 65.4 Å². The molecule has 6 rings (SSSR count). The number of carbonyl (C=O) groups is 2. The van der Waals surface area contributed by atoms with Crippen LogP contribution in [0.5, 0.6) is 0 Å². The molecule has 4 aliphatic rings. The Balaban J connectivity index is 0.00000112. The van der Waals surface area contributed by atoms with Crippen LogP contribution in [0.2, 0.25) is 0 Å². The normalized spacial score (nSPS) is 28.1. The fraction of sp³-hybridized carbons (Fsp3) is 0.560. The summed E-state index contributed by atoms with van der Waals surface area (Å²) in [5.74, 6) is 3.02. The number of ketones is 1. The van der Waals surface area contributed by atoms with E-state index in [0.717, 1.165) is 35.2 Å². The summed E-state index contributed by atoms with van der Waals surface area (Å²) in [7, 11) is 2.88. The van der Waals surface area contributed by atoms with Crippen molar-refractivity contribution in [1.82, 2.24) is 9.78 Å². The van der Waals surface area contributed by atoms with Crippen LogP contribution in [0, 0.1) is 29.6 Å². The van der Waals surface area contributed by atoms with Crippen LogP contribution >= 0.6 is 0 Å². The SMILES string of the molecule is CCc1c(C(=O)C2C3CC4CC(C3)CC2C4)cnn1-c1ccc(C(=O)OC)cc1.CN. The summed E-state index contributed by atoms with van der Waals surface area (Å²) in [5, 5.41) is 4.57. The number of esters is 1. The van der Waals surface area contributed by atoms with Crippen molar-refractivity contribution in [2.24, 2.45) is 35.3 Å². The molecule has 0 aliphatic heterocycles. The zero-order valence-electron chi connectivity index (χ0n) is 18.7. The van der Waals surface area contributed by atoms with Gasteiger partial charge < -0.3 is 10.5 Å². The number of rotatable bonds is 5. The Morgan fingerprint density at radius 2 is 1.61 bits per heavy atom. The Hall–Kier alpha value is -2.47. The third-order valence-corrected chi connectivity index (χ3v) is 7.53. The lowest BCUT2D eigenvalue weighted by Crippen LogP contribution is -2.48. The van der Waals surface area contributed by atoms with Crippen LogP contribution in [0.3, 0.4) is 0 Å². The molecule has 0 unspecified atom stereocenters. The Morgan fingerprint density at radius 1 is 1.03 bits per heavy atom. The molecule has 2 aromatic rings. The Bertz CT molecular complexity index is 919. The Labute approximate surface area is 184 Å². The maximum atomic E-state index is 13.6. The molecular weight excluding hydrogens is 390 g/mol. The van der Waals surface area contributed by atoms with Crippen molar-refractivity contribution in [3.05, 3.63) is 47.3 Å². The zero-order chi connectivity index (χ0) is 22.1. The van der Waals surface area contributed by atoms with Crippen molar-refractivity contribution in [3.8, 4) is 5.69 Å². The Morgan fingerprint density at radius 3 is 2.13 bits per heavy atom. The molecule has 31 heavy (non-hydrogen) atoms. The van der Waals surface area contributed by atoms with E-state index in [2.05, 4.69) is 17.8 Å². The van der Waals surface area contributed by atoms with E-state index in [1.54, 1.807) is 18.3 Å². The second-order valence-corrected chi connectivity index (χ2v) is 9.13. The van der Waals surface area contributed by atoms with Crippen molar-refractivity contribution in [1.29, 1.82) is 0 Å². The minimum absolute atomic E-state index is 0.187. The largest absolute Gasteiger partial charge is 0.465 e. The molecule has 4 fully saturated rings. The third kappa shape index (κ3) is 3.82. The minimum atomic E-state index is -0.356. The van der Waals surface area contributed by atoms with Gasteiger partial charge in [-0.1, -0.05) is 6.92 Å². The molecule has 4 aliphatic carbocycles. The van der Waals surface area contributed by atoms with Crippen molar-refractivity contribution >= 4 is 11.8 Å². The van der Waals surface area contributed by atoms with Crippen molar-refractivity contribution in [2.45, 2.75) is 45.4 Å². The maximum absolute atomic E-state index is 13.6. The molecule has 1 aromatic heterocycles. The van der Waals surface area contributed by atoms with Gasteiger partial charge in [-0.15, -0.1) is 0 Å². The monoisotopic (exact) mass is 423 g/mol. The number of nitrogens with zero attached hydrogens (tertiary/aromatic N) is 2. The molecule has 166 valence electrons. The molecule has 0 radical (unpaired) electrons. The number of carbonyl (C=O) groups excluding carboxylic acids is 2. The molecule has 4 saturated carbocycles. The number of Topliss-reactive ketones (excluding diaryl/α,β-unsaturated/α-hetero) is 1. The first-order chi connectivity index (χ1) is 15.1. The van der Waals surface area contributed by atoms with Gasteiger partial charge in [-0.3, -0.25) is 4.79 Å². The van der Waals surface area contributed by atoms with Gasteiger partial charge in [-0.25, -0.2) is 9.48 Å². The number of benzene rings is 1. The predicted molar refractivity (Wildman–Crippen MR) is 119 cm³/mol. The fourth-order valence-corrected chi connectivity index (χ4v) is 6.53. The molecule has 0 atom stereocenters. The summed E-state index contributed by atoms with van der Waals surface area (Å²) >= 11 is 0. The third-order valence-electron chi connectivity index (χ3n) is 7.53. The topological polar surface area (TPSA) is 87.2 Å². The summed E-state index contributed by atoms with van der Waals surface area (Å²) in [6.45, 7) is 2.07. The average molecular weight is 424 g/mol. The highest BCUT2D eigenvalue weighted by Crippen LogP contribution is 2.57. The minimum Gasteiger partial charge on any atom is -0.465 e. The van der Waals surface area contributed by atoms with Crippen LogP contribution < -0.4 is 5.73 Å². The van der Waals surface area contributed by atoms with Gasteiger partial charge in [0.2, 0.25) is 0 Å². The highest BCUT2D eigenvalue weighted by atomic mass is 16.5. The molecular formula is C25H33N3O3. The number of ether oxygens (including phenoxy) is 1. The summed E-state index contributed by atoms with van der Waals surface area (Å²) in [6.07, 6.45) is 8.88. The number of methoxy groups -OCH3 is 1. The van der Waals surface area contributed by atoms with E-state index in [-0.39, 0.29) is 11.9 Å². The van der Waals surface area contributed by atoms with Crippen molar-refractivity contribution in [2.75, 3.05) is 14.2 Å². The lowest BCUT2D eigenvalue weighted by molar-refractivity contribution is -0.0251.